The molecule has 0 radical (unpaired) electrons. The predicted molar refractivity (Wildman–Crippen MR) is 70.6 cm³/mol. The third-order valence-electron chi connectivity index (χ3n) is 3.00. The smallest absolute Gasteiger partial charge is 0.282 e. The van der Waals surface area contributed by atoms with Crippen molar-refractivity contribution >= 4 is 16.1 Å². The number of hydrogen-bond donors (Lipinski definition) is 2. The van der Waals surface area contributed by atoms with E-state index in [1.807, 2.05) is 0 Å². The summed E-state index contributed by atoms with van der Waals surface area (Å²) in [6.45, 7) is 1.28. The molecule has 1 unspecified atom stereocenters. The Kier molecular flexibility index (Phi) is 6.14. The number of nitrogens with zero attached hydrogens (tertiary/aromatic N) is 2. The zero-order valence-corrected chi connectivity index (χ0v) is 12.1. The van der Waals surface area contributed by atoms with Gasteiger partial charge in [0.1, 0.15) is 6.04 Å². The molecule has 0 aromatic rings. The maximum Gasteiger partial charge on any atom is 0.282 e. The van der Waals surface area contributed by atoms with Crippen molar-refractivity contribution in [1.29, 1.82) is 0 Å². The van der Waals surface area contributed by atoms with Gasteiger partial charge in [-0.05, 0) is 13.0 Å². The number of morpholine rings is 1. The van der Waals surface area contributed by atoms with Crippen molar-refractivity contribution in [3.63, 3.8) is 0 Å². The molecule has 0 bridgehead atoms. The molecule has 9 heteroatoms. The molecule has 1 heterocycles. The second-order valence-electron chi connectivity index (χ2n) is 4.29. The van der Waals surface area contributed by atoms with Gasteiger partial charge in [0.05, 0.1) is 13.2 Å². The fourth-order valence-electron chi connectivity index (χ4n) is 1.85. The second-order valence-corrected chi connectivity index (χ2v) is 6.28. The standard InChI is InChI=1S/C10H22N4O4S/c1-12-10(15)9-8-18-7-6-14(9)19(16,17)13(2)5-3-4-11/h9H,3-8,11H2,1-2H3,(H,12,15). The van der Waals surface area contributed by atoms with Crippen molar-refractivity contribution in [3.05, 3.63) is 0 Å². The van der Waals surface area contributed by atoms with Crippen LogP contribution in [0.1, 0.15) is 6.42 Å². The van der Waals surface area contributed by atoms with E-state index in [0.717, 1.165) is 0 Å². The Morgan fingerprint density at radius 1 is 1.58 bits per heavy atom. The summed E-state index contributed by atoms with van der Waals surface area (Å²) in [4.78, 5) is 11.7. The number of nitrogens with one attached hydrogen (secondary N) is 1. The van der Waals surface area contributed by atoms with E-state index in [2.05, 4.69) is 5.32 Å². The molecule has 1 aliphatic heterocycles. The fourth-order valence-corrected chi connectivity index (χ4v) is 3.35. The van der Waals surface area contributed by atoms with E-state index in [-0.39, 0.29) is 25.7 Å². The highest BCUT2D eigenvalue weighted by molar-refractivity contribution is 7.86. The highest BCUT2D eigenvalue weighted by Gasteiger charge is 2.38. The SMILES string of the molecule is CNC(=O)C1COCCN1S(=O)(=O)N(C)CCCN. The van der Waals surface area contributed by atoms with Crippen molar-refractivity contribution in [3.8, 4) is 0 Å². The van der Waals surface area contributed by atoms with Gasteiger partial charge in [0.15, 0.2) is 0 Å². The maximum absolute atomic E-state index is 12.4. The van der Waals surface area contributed by atoms with Crippen LogP contribution in [-0.4, -0.2) is 75.9 Å². The lowest BCUT2D eigenvalue weighted by atomic mass is 10.2. The monoisotopic (exact) mass is 294 g/mol. The van der Waals surface area contributed by atoms with Crippen molar-refractivity contribution in [2.24, 2.45) is 5.73 Å². The van der Waals surface area contributed by atoms with Crippen molar-refractivity contribution in [2.75, 3.05) is 46.9 Å². The second kappa shape index (κ2) is 7.15. The van der Waals surface area contributed by atoms with Gasteiger partial charge >= 0.3 is 0 Å². The normalized spacial score (nSPS) is 21.6. The molecule has 0 aliphatic carbocycles. The Hall–Kier alpha value is -0.740. The summed E-state index contributed by atoms with van der Waals surface area (Å²) in [5, 5.41) is 2.46. The van der Waals surface area contributed by atoms with Crippen LogP contribution >= 0.6 is 0 Å². The number of nitrogens with two attached hydrogens (primary N) is 1. The molecular formula is C10H22N4O4S. The molecule has 3 N–H and O–H groups in total. The average molecular weight is 294 g/mol. The summed E-state index contributed by atoms with van der Waals surface area (Å²) in [5.41, 5.74) is 5.38. The molecule has 1 atom stereocenters. The molecule has 0 saturated carbocycles. The van der Waals surface area contributed by atoms with Crippen LogP contribution < -0.4 is 11.1 Å². The molecule has 0 aromatic heterocycles. The van der Waals surface area contributed by atoms with Gasteiger partial charge in [0.2, 0.25) is 5.91 Å². The van der Waals surface area contributed by atoms with Crippen LogP contribution in [0, 0.1) is 0 Å². The molecule has 19 heavy (non-hydrogen) atoms. The Morgan fingerprint density at radius 3 is 2.84 bits per heavy atom. The summed E-state index contributed by atoms with van der Waals surface area (Å²) in [6.07, 6.45) is 0.574. The zero-order valence-electron chi connectivity index (χ0n) is 11.3. The van der Waals surface area contributed by atoms with Crippen molar-refractivity contribution < 1.29 is 17.9 Å². The average Bonchev–Trinajstić information content (AvgIpc) is 2.43. The summed E-state index contributed by atoms with van der Waals surface area (Å²) in [5.74, 6) is -0.365. The van der Waals surface area contributed by atoms with E-state index in [1.165, 1.54) is 22.7 Å². The van der Waals surface area contributed by atoms with E-state index in [9.17, 15) is 13.2 Å². The van der Waals surface area contributed by atoms with Crippen molar-refractivity contribution in [1.82, 2.24) is 13.9 Å². The topological polar surface area (TPSA) is 105 Å². The minimum atomic E-state index is -3.67. The minimum Gasteiger partial charge on any atom is -0.378 e. The number of rotatable bonds is 6. The highest BCUT2D eigenvalue weighted by atomic mass is 32.2. The van der Waals surface area contributed by atoms with Gasteiger partial charge in [-0.1, -0.05) is 0 Å². The first-order chi connectivity index (χ1) is 8.95. The first-order valence-electron chi connectivity index (χ1n) is 6.17. The highest BCUT2D eigenvalue weighted by Crippen LogP contribution is 2.15. The molecule has 8 nitrogen and oxygen atoms in total. The van der Waals surface area contributed by atoms with Crippen LogP contribution in [-0.2, 0) is 19.7 Å². The number of ether oxygens (including phenoxy) is 1. The lowest BCUT2D eigenvalue weighted by Crippen LogP contribution is -2.58. The van der Waals surface area contributed by atoms with Crippen molar-refractivity contribution in [2.45, 2.75) is 12.5 Å². The summed E-state index contributed by atoms with van der Waals surface area (Å²) in [6, 6.07) is -0.816. The Morgan fingerprint density at radius 2 is 2.26 bits per heavy atom. The van der Waals surface area contributed by atoms with Gasteiger partial charge in [0.25, 0.3) is 10.2 Å². The zero-order chi connectivity index (χ0) is 14.5. The summed E-state index contributed by atoms with van der Waals surface area (Å²) in [7, 11) is -0.709. The molecule has 1 rings (SSSR count). The van der Waals surface area contributed by atoms with E-state index in [0.29, 0.717) is 19.5 Å². The van der Waals surface area contributed by atoms with Gasteiger partial charge in [-0.15, -0.1) is 0 Å². The fraction of sp³-hybridized carbons (Fsp3) is 0.900. The molecule has 112 valence electrons. The number of carbonyl (C=O) groups is 1. The van der Waals surface area contributed by atoms with E-state index in [1.54, 1.807) is 0 Å². The minimum absolute atomic E-state index is 0.0730. The molecule has 0 spiro atoms. The van der Waals surface area contributed by atoms with Gasteiger partial charge in [0, 0.05) is 27.2 Å². The molecular weight excluding hydrogens is 272 g/mol. The van der Waals surface area contributed by atoms with E-state index in [4.69, 9.17) is 10.5 Å². The largest absolute Gasteiger partial charge is 0.378 e. The first-order valence-corrected chi connectivity index (χ1v) is 7.57. The van der Waals surface area contributed by atoms with E-state index < -0.39 is 16.3 Å². The van der Waals surface area contributed by atoms with Gasteiger partial charge in [-0.25, -0.2) is 0 Å². The van der Waals surface area contributed by atoms with E-state index >= 15 is 0 Å². The Labute approximate surface area is 114 Å². The van der Waals surface area contributed by atoms with Crippen LogP contribution in [0.3, 0.4) is 0 Å². The summed E-state index contributed by atoms with van der Waals surface area (Å²) < 4.78 is 32.4. The van der Waals surface area contributed by atoms with Gasteiger partial charge in [-0.2, -0.15) is 17.0 Å². The number of likely N-dealkylation sites (N-methyl/N-ethyl adjacent to an activating group) is 1. The lowest BCUT2D eigenvalue weighted by Gasteiger charge is -2.35. The molecule has 1 fully saturated rings. The maximum atomic E-state index is 12.4. The van der Waals surface area contributed by atoms with Crippen LogP contribution in [0.15, 0.2) is 0 Å². The lowest BCUT2D eigenvalue weighted by molar-refractivity contribution is -0.128. The Bertz CT molecular complexity index is 400. The third-order valence-corrected chi connectivity index (χ3v) is 5.00. The first kappa shape index (κ1) is 16.3. The quantitative estimate of drug-likeness (QED) is 0.587. The third kappa shape index (κ3) is 3.86. The number of amides is 1. The van der Waals surface area contributed by atoms with Crippen LogP contribution in [0.25, 0.3) is 0 Å². The van der Waals surface area contributed by atoms with Gasteiger partial charge < -0.3 is 15.8 Å². The molecule has 1 saturated heterocycles. The summed E-state index contributed by atoms with van der Waals surface area (Å²) >= 11 is 0. The number of carbonyl (C=O) groups excluding carboxylic acids is 1. The number of hydrogen-bond acceptors (Lipinski definition) is 5. The molecule has 1 aliphatic rings. The van der Waals surface area contributed by atoms with Gasteiger partial charge in [-0.3, -0.25) is 4.79 Å². The van der Waals surface area contributed by atoms with Crippen LogP contribution in [0.4, 0.5) is 0 Å². The van der Waals surface area contributed by atoms with Crippen LogP contribution in [0.5, 0.6) is 0 Å². The van der Waals surface area contributed by atoms with Crippen LogP contribution in [0.2, 0.25) is 0 Å². The predicted octanol–water partition coefficient (Wildman–Crippen LogP) is -2.04. The molecule has 0 aromatic carbocycles. The molecule has 1 amide bonds. The Balaban J connectivity index is 2.86.